The molecule has 1 aliphatic rings. The molecule has 0 spiro atoms. The molecule has 134 valence electrons. The van der Waals surface area contributed by atoms with Gasteiger partial charge in [0.15, 0.2) is 0 Å². The van der Waals surface area contributed by atoms with E-state index in [9.17, 15) is 4.79 Å². The van der Waals surface area contributed by atoms with Crippen molar-refractivity contribution in [3.63, 3.8) is 0 Å². The van der Waals surface area contributed by atoms with Gasteiger partial charge in [0.25, 0.3) is 0 Å². The lowest BCUT2D eigenvalue weighted by Crippen LogP contribution is -2.48. The highest BCUT2D eigenvalue weighted by Gasteiger charge is 2.21. The summed E-state index contributed by atoms with van der Waals surface area (Å²) in [5, 5.41) is 6.87. The minimum absolute atomic E-state index is 0.175. The zero-order valence-electron chi connectivity index (χ0n) is 15.1. The lowest BCUT2D eigenvalue weighted by Gasteiger charge is -2.34. The summed E-state index contributed by atoms with van der Waals surface area (Å²) in [6.45, 7) is 4.35. The molecular formula is C21H24N4O. The molecule has 26 heavy (non-hydrogen) atoms. The smallest absolute Gasteiger partial charge is 0.228 e. The van der Waals surface area contributed by atoms with Crippen LogP contribution in [0.1, 0.15) is 11.3 Å². The van der Waals surface area contributed by atoms with Crippen LogP contribution in [0, 0.1) is 0 Å². The van der Waals surface area contributed by atoms with Gasteiger partial charge in [-0.1, -0.05) is 36.4 Å². The number of fused-ring (bicyclic) bond motifs is 1. The molecular weight excluding hydrogens is 324 g/mol. The molecule has 2 aromatic carbocycles. The van der Waals surface area contributed by atoms with Crippen molar-refractivity contribution in [2.24, 2.45) is 7.05 Å². The molecule has 2 heterocycles. The van der Waals surface area contributed by atoms with Gasteiger partial charge in [-0.2, -0.15) is 5.10 Å². The first-order valence-electron chi connectivity index (χ1n) is 9.14. The van der Waals surface area contributed by atoms with Crippen LogP contribution in [0.5, 0.6) is 0 Å². The fourth-order valence-electron chi connectivity index (χ4n) is 3.57. The largest absolute Gasteiger partial charge is 0.340 e. The van der Waals surface area contributed by atoms with E-state index in [0.29, 0.717) is 6.42 Å². The van der Waals surface area contributed by atoms with E-state index in [1.54, 1.807) is 4.68 Å². The van der Waals surface area contributed by atoms with Crippen molar-refractivity contribution in [2.75, 3.05) is 26.2 Å². The number of carbonyl (C=O) groups is 1. The summed E-state index contributed by atoms with van der Waals surface area (Å²) in [7, 11) is 1.87. The Labute approximate surface area is 153 Å². The number of benzene rings is 2. The topological polar surface area (TPSA) is 41.4 Å². The molecule has 0 saturated carbocycles. The lowest BCUT2D eigenvalue weighted by molar-refractivity contribution is -0.132. The third kappa shape index (κ3) is 3.78. The summed E-state index contributed by atoms with van der Waals surface area (Å²) in [4.78, 5) is 16.8. The molecule has 3 aromatic rings. The highest BCUT2D eigenvalue weighted by molar-refractivity contribution is 5.83. The first-order chi connectivity index (χ1) is 12.7. The van der Waals surface area contributed by atoms with Crippen molar-refractivity contribution in [3.8, 4) is 0 Å². The van der Waals surface area contributed by atoms with E-state index in [1.165, 1.54) is 16.3 Å². The van der Waals surface area contributed by atoms with Crippen LogP contribution in [0.3, 0.4) is 0 Å². The number of amides is 1. The molecule has 0 atom stereocenters. The van der Waals surface area contributed by atoms with Crippen LogP contribution >= 0.6 is 0 Å². The summed E-state index contributed by atoms with van der Waals surface area (Å²) in [6.07, 6.45) is 2.27. The van der Waals surface area contributed by atoms with Crippen molar-refractivity contribution in [1.82, 2.24) is 19.6 Å². The number of rotatable bonds is 4. The predicted molar refractivity (Wildman–Crippen MR) is 103 cm³/mol. The molecule has 0 radical (unpaired) electrons. The lowest BCUT2D eigenvalue weighted by atomic mass is 10.1. The molecule has 1 amide bonds. The zero-order valence-corrected chi connectivity index (χ0v) is 15.1. The number of nitrogens with zero attached hydrogens (tertiary/aromatic N) is 4. The van der Waals surface area contributed by atoms with E-state index in [4.69, 9.17) is 0 Å². The SMILES string of the molecule is Cn1ccc(CC(=O)N2CCN(Cc3ccc4ccccc4c3)CC2)n1. The highest BCUT2D eigenvalue weighted by Crippen LogP contribution is 2.17. The van der Waals surface area contributed by atoms with Crippen LogP contribution in [0.15, 0.2) is 54.7 Å². The number of aryl methyl sites for hydroxylation is 1. The summed E-state index contributed by atoms with van der Waals surface area (Å²) in [5.74, 6) is 0.175. The van der Waals surface area contributed by atoms with Crippen LogP contribution < -0.4 is 0 Å². The van der Waals surface area contributed by atoms with Crippen molar-refractivity contribution in [1.29, 1.82) is 0 Å². The van der Waals surface area contributed by atoms with Gasteiger partial charge in [0.05, 0.1) is 12.1 Å². The van der Waals surface area contributed by atoms with E-state index in [2.05, 4.69) is 52.5 Å². The van der Waals surface area contributed by atoms with Crippen molar-refractivity contribution >= 4 is 16.7 Å². The first-order valence-corrected chi connectivity index (χ1v) is 9.14. The second kappa shape index (κ2) is 7.30. The minimum atomic E-state index is 0.175. The van der Waals surface area contributed by atoms with E-state index in [1.807, 2.05) is 24.2 Å². The molecule has 5 nitrogen and oxygen atoms in total. The molecule has 0 N–H and O–H groups in total. The van der Waals surface area contributed by atoms with E-state index in [-0.39, 0.29) is 5.91 Å². The molecule has 1 aromatic heterocycles. The second-order valence-electron chi connectivity index (χ2n) is 7.00. The number of aromatic nitrogens is 2. The Morgan fingerprint density at radius 2 is 1.77 bits per heavy atom. The fourth-order valence-corrected chi connectivity index (χ4v) is 3.57. The Bertz CT molecular complexity index is 909. The summed E-state index contributed by atoms with van der Waals surface area (Å²) in [6, 6.07) is 17.0. The molecule has 1 fully saturated rings. The van der Waals surface area contributed by atoms with Crippen LogP contribution in [0.25, 0.3) is 10.8 Å². The van der Waals surface area contributed by atoms with Crippen LogP contribution in [-0.4, -0.2) is 51.7 Å². The number of piperazine rings is 1. The van der Waals surface area contributed by atoms with Gasteiger partial charge in [-0.3, -0.25) is 14.4 Å². The second-order valence-corrected chi connectivity index (χ2v) is 7.00. The van der Waals surface area contributed by atoms with E-state index < -0.39 is 0 Å². The minimum Gasteiger partial charge on any atom is -0.340 e. The van der Waals surface area contributed by atoms with Crippen molar-refractivity contribution in [2.45, 2.75) is 13.0 Å². The van der Waals surface area contributed by atoms with Crippen molar-refractivity contribution < 1.29 is 4.79 Å². The van der Waals surface area contributed by atoms with Gasteiger partial charge in [-0.15, -0.1) is 0 Å². The third-order valence-electron chi connectivity index (χ3n) is 5.05. The van der Waals surface area contributed by atoms with Crippen LogP contribution in [0.2, 0.25) is 0 Å². The Hall–Kier alpha value is -2.66. The number of carbonyl (C=O) groups excluding carboxylic acids is 1. The average molecular weight is 348 g/mol. The standard InChI is InChI=1S/C21H24N4O/c1-23-9-8-20(22-23)15-21(26)25-12-10-24(11-13-25)16-17-6-7-18-4-2-3-5-19(18)14-17/h2-9,14H,10-13,15-16H2,1H3. The Morgan fingerprint density at radius 1 is 1.00 bits per heavy atom. The van der Waals surface area contributed by atoms with Crippen LogP contribution in [-0.2, 0) is 24.8 Å². The van der Waals surface area contributed by atoms with Crippen molar-refractivity contribution in [3.05, 3.63) is 66.0 Å². The maximum absolute atomic E-state index is 12.4. The van der Waals surface area contributed by atoms with Gasteiger partial charge in [0.1, 0.15) is 0 Å². The summed E-state index contributed by atoms with van der Waals surface area (Å²) >= 11 is 0. The predicted octanol–water partition coefficient (Wildman–Crippen LogP) is 2.46. The normalized spacial score (nSPS) is 15.5. The monoisotopic (exact) mass is 348 g/mol. The fraction of sp³-hybridized carbons (Fsp3) is 0.333. The summed E-state index contributed by atoms with van der Waals surface area (Å²) in [5.41, 5.74) is 2.17. The molecule has 1 saturated heterocycles. The number of hydrogen-bond donors (Lipinski definition) is 0. The Balaban J connectivity index is 1.32. The van der Waals surface area contributed by atoms with E-state index in [0.717, 1.165) is 38.4 Å². The van der Waals surface area contributed by atoms with E-state index >= 15 is 0 Å². The molecule has 0 aliphatic carbocycles. The third-order valence-corrected chi connectivity index (χ3v) is 5.05. The maximum atomic E-state index is 12.4. The first kappa shape index (κ1) is 16.8. The average Bonchev–Trinajstić information content (AvgIpc) is 3.07. The molecule has 5 heteroatoms. The Morgan fingerprint density at radius 3 is 2.50 bits per heavy atom. The molecule has 0 unspecified atom stereocenters. The van der Waals surface area contributed by atoms with Gasteiger partial charge in [0, 0.05) is 46.0 Å². The van der Waals surface area contributed by atoms with Gasteiger partial charge in [-0.25, -0.2) is 0 Å². The summed E-state index contributed by atoms with van der Waals surface area (Å²) < 4.78 is 1.74. The Kier molecular flexibility index (Phi) is 4.71. The van der Waals surface area contributed by atoms with Gasteiger partial charge in [-0.05, 0) is 28.5 Å². The molecule has 4 rings (SSSR count). The van der Waals surface area contributed by atoms with Gasteiger partial charge < -0.3 is 4.90 Å². The van der Waals surface area contributed by atoms with Gasteiger partial charge in [0.2, 0.25) is 5.91 Å². The van der Waals surface area contributed by atoms with Gasteiger partial charge >= 0.3 is 0 Å². The molecule has 0 bridgehead atoms. The quantitative estimate of drug-likeness (QED) is 0.727. The zero-order chi connectivity index (χ0) is 17.9. The number of hydrogen-bond acceptors (Lipinski definition) is 3. The maximum Gasteiger partial charge on any atom is 0.228 e. The highest BCUT2D eigenvalue weighted by atomic mass is 16.2. The van der Waals surface area contributed by atoms with Crippen LogP contribution in [0.4, 0.5) is 0 Å². The molecule has 1 aliphatic heterocycles.